The number of Topliss-reactive ketones (excluding diaryl/α,β-unsaturated/α-hetero) is 1. The van der Waals surface area contributed by atoms with Gasteiger partial charge in [0.2, 0.25) is 0 Å². The van der Waals surface area contributed by atoms with Crippen molar-refractivity contribution in [3.63, 3.8) is 0 Å². The molecule has 2 saturated carbocycles. The Morgan fingerprint density at radius 3 is 2.71 bits per heavy atom. The van der Waals surface area contributed by atoms with E-state index in [2.05, 4.69) is 19.0 Å². The van der Waals surface area contributed by atoms with Crippen LogP contribution in [-0.2, 0) is 4.79 Å². The number of hydrogen-bond acceptors (Lipinski definition) is 2. The molecule has 2 fully saturated rings. The van der Waals surface area contributed by atoms with E-state index < -0.39 is 0 Å². The van der Waals surface area contributed by atoms with E-state index in [1.54, 1.807) is 0 Å². The van der Waals surface area contributed by atoms with Crippen molar-refractivity contribution in [1.82, 2.24) is 4.90 Å². The molecule has 0 N–H and O–H groups in total. The number of hydrogen-bond donors (Lipinski definition) is 0. The molecular weight excluding hydrogens is 174 g/mol. The normalized spacial score (nSPS) is 37.6. The van der Waals surface area contributed by atoms with Crippen LogP contribution >= 0.6 is 0 Å². The van der Waals surface area contributed by atoms with Crippen LogP contribution in [0, 0.1) is 17.8 Å². The molecule has 0 aromatic heterocycles. The van der Waals surface area contributed by atoms with Crippen molar-refractivity contribution in [2.75, 3.05) is 20.6 Å². The molecule has 0 saturated heterocycles. The fourth-order valence-electron chi connectivity index (χ4n) is 3.24. The maximum absolute atomic E-state index is 12.1. The van der Waals surface area contributed by atoms with Crippen molar-refractivity contribution in [3.8, 4) is 0 Å². The van der Waals surface area contributed by atoms with Gasteiger partial charge in [0.1, 0.15) is 5.78 Å². The van der Waals surface area contributed by atoms with E-state index in [1.807, 2.05) is 0 Å². The molecule has 2 aliphatic carbocycles. The third-order valence-electron chi connectivity index (χ3n) is 3.90. The third-order valence-corrected chi connectivity index (χ3v) is 3.90. The highest BCUT2D eigenvalue weighted by molar-refractivity contribution is 5.85. The predicted molar refractivity (Wildman–Crippen MR) is 57.1 cm³/mol. The van der Waals surface area contributed by atoms with E-state index in [9.17, 15) is 4.79 Å². The quantitative estimate of drug-likeness (QED) is 0.671. The summed E-state index contributed by atoms with van der Waals surface area (Å²) in [5.41, 5.74) is 0. The van der Waals surface area contributed by atoms with Gasteiger partial charge in [-0.1, -0.05) is 6.42 Å². The summed E-state index contributed by atoms with van der Waals surface area (Å²) in [6.45, 7) is 0.960. The summed E-state index contributed by atoms with van der Waals surface area (Å²) in [7, 11) is 4.13. The van der Waals surface area contributed by atoms with E-state index in [0.29, 0.717) is 17.6 Å². The minimum atomic E-state index is 0.337. The van der Waals surface area contributed by atoms with Gasteiger partial charge in [0.05, 0.1) is 0 Å². The van der Waals surface area contributed by atoms with Crippen LogP contribution in [0.3, 0.4) is 0 Å². The molecule has 0 unspecified atom stereocenters. The number of ketones is 1. The summed E-state index contributed by atoms with van der Waals surface area (Å²) < 4.78 is 0. The van der Waals surface area contributed by atoms with Crippen molar-refractivity contribution in [3.05, 3.63) is 0 Å². The summed E-state index contributed by atoms with van der Waals surface area (Å²) in [5.74, 6) is 2.10. The maximum atomic E-state index is 12.1. The first-order valence-corrected chi connectivity index (χ1v) is 5.87. The third kappa shape index (κ3) is 1.85. The number of fused-ring (bicyclic) bond motifs is 1. The minimum Gasteiger partial charge on any atom is -0.309 e. The van der Waals surface area contributed by atoms with Crippen molar-refractivity contribution in [2.45, 2.75) is 32.1 Å². The SMILES string of the molecule is CN(C)C[C@@H]1CC[C@@H]2CCC[C@H]2C1=O. The lowest BCUT2D eigenvalue weighted by atomic mass is 9.74. The Balaban J connectivity index is 1.98. The molecule has 14 heavy (non-hydrogen) atoms. The fraction of sp³-hybridized carbons (Fsp3) is 0.917. The molecule has 0 amide bonds. The summed E-state index contributed by atoms with van der Waals surface area (Å²) in [4.78, 5) is 14.3. The Hall–Kier alpha value is -0.370. The van der Waals surface area contributed by atoms with Gasteiger partial charge >= 0.3 is 0 Å². The fourth-order valence-corrected chi connectivity index (χ4v) is 3.24. The number of carbonyl (C=O) groups is 1. The van der Waals surface area contributed by atoms with Crippen molar-refractivity contribution >= 4 is 5.78 Å². The molecule has 0 radical (unpaired) electrons. The Morgan fingerprint density at radius 2 is 2.00 bits per heavy atom. The first-order valence-electron chi connectivity index (χ1n) is 5.87. The van der Waals surface area contributed by atoms with Crippen LogP contribution in [0.4, 0.5) is 0 Å². The number of carbonyl (C=O) groups excluding carboxylic acids is 1. The Labute approximate surface area is 86.7 Å². The first-order chi connectivity index (χ1) is 6.68. The van der Waals surface area contributed by atoms with E-state index in [0.717, 1.165) is 18.9 Å². The van der Waals surface area contributed by atoms with Gasteiger partial charge < -0.3 is 4.90 Å². The lowest BCUT2D eigenvalue weighted by Gasteiger charge is -2.31. The second kappa shape index (κ2) is 4.01. The lowest BCUT2D eigenvalue weighted by Crippen LogP contribution is -2.37. The lowest BCUT2D eigenvalue weighted by molar-refractivity contribution is -0.131. The van der Waals surface area contributed by atoms with Crippen molar-refractivity contribution in [1.29, 1.82) is 0 Å². The van der Waals surface area contributed by atoms with Crippen LogP contribution in [-0.4, -0.2) is 31.3 Å². The zero-order chi connectivity index (χ0) is 10.1. The summed E-state index contributed by atoms with van der Waals surface area (Å²) in [6.07, 6.45) is 6.21. The molecule has 2 nitrogen and oxygen atoms in total. The molecule has 0 aromatic rings. The van der Waals surface area contributed by atoms with Gasteiger partial charge in [0, 0.05) is 18.4 Å². The largest absolute Gasteiger partial charge is 0.309 e. The molecule has 2 heteroatoms. The molecule has 0 aromatic carbocycles. The molecule has 0 heterocycles. The van der Waals surface area contributed by atoms with Crippen LogP contribution in [0.15, 0.2) is 0 Å². The standard InChI is InChI=1S/C12H21NO/c1-13(2)8-10-7-6-9-4-3-5-11(9)12(10)14/h9-11H,3-8H2,1-2H3/t9-,10-,11+/m0/s1. The van der Waals surface area contributed by atoms with Crippen molar-refractivity contribution < 1.29 is 4.79 Å². The monoisotopic (exact) mass is 195 g/mol. The van der Waals surface area contributed by atoms with E-state index >= 15 is 0 Å². The predicted octanol–water partition coefficient (Wildman–Crippen LogP) is 1.94. The van der Waals surface area contributed by atoms with E-state index in [-0.39, 0.29) is 0 Å². The topological polar surface area (TPSA) is 20.3 Å². The molecular formula is C12H21NO. The van der Waals surface area contributed by atoms with Gasteiger partial charge in [-0.15, -0.1) is 0 Å². The van der Waals surface area contributed by atoms with Gasteiger partial charge in [-0.05, 0) is 45.7 Å². The van der Waals surface area contributed by atoms with E-state index in [4.69, 9.17) is 0 Å². The smallest absolute Gasteiger partial charge is 0.140 e. The van der Waals surface area contributed by atoms with Crippen LogP contribution < -0.4 is 0 Å². The van der Waals surface area contributed by atoms with Crippen LogP contribution in [0.1, 0.15) is 32.1 Å². The molecule has 2 aliphatic rings. The average Bonchev–Trinajstić information content (AvgIpc) is 2.57. The van der Waals surface area contributed by atoms with Gasteiger partial charge in [-0.25, -0.2) is 0 Å². The Bertz CT molecular complexity index is 224. The molecule has 0 spiro atoms. The zero-order valence-corrected chi connectivity index (χ0v) is 9.33. The molecule has 80 valence electrons. The Kier molecular flexibility index (Phi) is 2.91. The van der Waals surface area contributed by atoms with Crippen LogP contribution in [0.2, 0.25) is 0 Å². The maximum Gasteiger partial charge on any atom is 0.140 e. The van der Waals surface area contributed by atoms with Crippen molar-refractivity contribution in [2.24, 2.45) is 17.8 Å². The van der Waals surface area contributed by atoms with Crippen LogP contribution in [0.25, 0.3) is 0 Å². The summed E-state index contributed by atoms with van der Waals surface area (Å²) in [6, 6.07) is 0. The number of rotatable bonds is 2. The first kappa shape index (κ1) is 10.2. The van der Waals surface area contributed by atoms with Gasteiger partial charge in [-0.2, -0.15) is 0 Å². The minimum absolute atomic E-state index is 0.337. The van der Waals surface area contributed by atoms with Gasteiger partial charge in [0.25, 0.3) is 0 Å². The highest BCUT2D eigenvalue weighted by Crippen LogP contribution is 2.42. The van der Waals surface area contributed by atoms with Gasteiger partial charge in [0.15, 0.2) is 0 Å². The number of nitrogens with zero attached hydrogens (tertiary/aromatic N) is 1. The van der Waals surface area contributed by atoms with E-state index in [1.165, 1.54) is 25.7 Å². The highest BCUT2D eigenvalue weighted by atomic mass is 16.1. The van der Waals surface area contributed by atoms with Crippen LogP contribution in [0.5, 0.6) is 0 Å². The molecule has 0 aliphatic heterocycles. The summed E-state index contributed by atoms with van der Waals surface area (Å²) in [5, 5.41) is 0. The summed E-state index contributed by atoms with van der Waals surface area (Å²) >= 11 is 0. The second-order valence-electron chi connectivity index (χ2n) is 5.24. The molecule has 0 bridgehead atoms. The molecule has 2 rings (SSSR count). The molecule has 3 atom stereocenters. The highest BCUT2D eigenvalue weighted by Gasteiger charge is 2.40. The Morgan fingerprint density at radius 1 is 1.21 bits per heavy atom. The zero-order valence-electron chi connectivity index (χ0n) is 9.33. The van der Waals surface area contributed by atoms with Gasteiger partial charge in [-0.3, -0.25) is 4.79 Å². The second-order valence-corrected chi connectivity index (χ2v) is 5.24. The average molecular weight is 195 g/mol.